The molecule has 116 valence electrons. The SMILES string of the molecule is CCOC(=O)Nc1ccc(NC(=O)CNC(C)CC)cc1. The molecule has 0 aliphatic heterocycles. The number of carbonyl (C=O) groups is 2. The van der Waals surface area contributed by atoms with Gasteiger partial charge in [-0.25, -0.2) is 4.79 Å². The molecule has 0 aromatic heterocycles. The molecule has 1 atom stereocenters. The molecule has 0 radical (unpaired) electrons. The predicted octanol–water partition coefficient (Wildman–Crippen LogP) is 2.58. The summed E-state index contributed by atoms with van der Waals surface area (Å²) in [6.07, 6.45) is 0.480. The highest BCUT2D eigenvalue weighted by Gasteiger charge is 2.05. The smallest absolute Gasteiger partial charge is 0.411 e. The van der Waals surface area contributed by atoms with Crippen molar-refractivity contribution >= 4 is 23.4 Å². The number of hydrogen-bond acceptors (Lipinski definition) is 4. The number of amides is 2. The van der Waals surface area contributed by atoms with Crippen molar-refractivity contribution in [2.75, 3.05) is 23.8 Å². The summed E-state index contributed by atoms with van der Waals surface area (Å²) >= 11 is 0. The third-order valence-electron chi connectivity index (χ3n) is 2.91. The van der Waals surface area contributed by atoms with E-state index in [2.05, 4.69) is 22.9 Å². The van der Waals surface area contributed by atoms with Gasteiger partial charge in [-0.1, -0.05) is 6.92 Å². The summed E-state index contributed by atoms with van der Waals surface area (Å²) in [5.74, 6) is -0.0959. The quantitative estimate of drug-likeness (QED) is 0.722. The molecule has 1 aromatic carbocycles. The molecule has 1 rings (SSSR count). The van der Waals surface area contributed by atoms with Crippen molar-refractivity contribution in [1.29, 1.82) is 0 Å². The summed E-state index contributed by atoms with van der Waals surface area (Å²) in [5, 5.41) is 8.48. The summed E-state index contributed by atoms with van der Waals surface area (Å²) < 4.78 is 4.78. The monoisotopic (exact) mass is 293 g/mol. The summed E-state index contributed by atoms with van der Waals surface area (Å²) in [5.41, 5.74) is 1.30. The van der Waals surface area contributed by atoms with E-state index in [0.717, 1.165) is 6.42 Å². The maximum atomic E-state index is 11.7. The summed E-state index contributed by atoms with van der Waals surface area (Å²) in [6.45, 7) is 6.43. The second-order valence-corrected chi connectivity index (χ2v) is 4.66. The van der Waals surface area contributed by atoms with Gasteiger partial charge in [0.15, 0.2) is 0 Å². The van der Waals surface area contributed by atoms with E-state index in [1.54, 1.807) is 31.2 Å². The van der Waals surface area contributed by atoms with Crippen LogP contribution in [0.1, 0.15) is 27.2 Å². The van der Waals surface area contributed by atoms with Gasteiger partial charge in [-0.05, 0) is 44.5 Å². The molecule has 0 aliphatic carbocycles. The first-order chi connectivity index (χ1) is 10.0. The molecule has 1 unspecified atom stereocenters. The first kappa shape index (κ1) is 17.0. The molecule has 6 heteroatoms. The molecule has 0 aliphatic rings. The largest absolute Gasteiger partial charge is 0.450 e. The maximum absolute atomic E-state index is 11.7. The van der Waals surface area contributed by atoms with E-state index in [1.165, 1.54) is 0 Å². The van der Waals surface area contributed by atoms with Crippen molar-refractivity contribution in [3.05, 3.63) is 24.3 Å². The lowest BCUT2D eigenvalue weighted by Crippen LogP contribution is -2.33. The molecule has 0 bridgehead atoms. The number of anilines is 2. The first-order valence-corrected chi connectivity index (χ1v) is 7.12. The van der Waals surface area contributed by atoms with Crippen LogP contribution in [0.25, 0.3) is 0 Å². The molecule has 3 N–H and O–H groups in total. The van der Waals surface area contributed by atoms with Gasteiger partial charge in [0.25, 0.3) is 0 Å². The van der Waals surface area contributed by atoms with Crippen LogP contribution in [0.2, 0.25) is 0 Å². The molecular formula is C15H23N3O3. The van der Waals surface area contributed by atoms with E-state index in [1.807, 2.05) is 6.92 Å². The van der Waals surface area contributed by atoms with Crippen molar-refractivity contribution in [3.63, 3.8) is 0 Å². The zero-order valence-electron chi connectivity index (χ0n) is 12.7. The summed E-state index contributed by atoms with van der Waals surface area (Å²) in [7, 11) is 0. The van der Waals surface area contributed by atoms with Gasteiger partial charge >= 0.3 is 6.09 Å². The molecular weight excluding hydrogens is 270 g/mol. The number of benzene rings is 1. The van der Waals surface area contributed by atoms with Crippen LogP contribution in [-0.4, -0.2) is 31.2 Å². The second-order valence-electron chi connectivity index (χ2n) is 4.66. The van der Waals surface area contributed by atoms with Crippen LogP contribution in [0.15, 0.2) is 24.3 Å². The van der Waals surface area contributed by atoms with E-state index in [4.69, 9.17) is 4.74 Å². The molecule has 0 heterocycles. The Morgan fingerprint density at radius 2 is 1.67 bits per heavy atom. The highest BCUT2D eigenvalue weighted by molar-refractivity contribution is 5.92. The molecule has 6 nitrogen and oxygen atoms in total. The van der Waals surface area contributed by atoms with Crippen molar-refractivity contribution in [3.8, 4) is 0 Å². The van der Waals surface area contributed by atoms with E-state index < -0.39 is 6.09 Å². The van der Waals surface area contributed by atoms with Crippen LogP contribution in [-0.2, 0) is 9.53 Å². The first-order valence-electron chi connectivity index (χ1n) is 7.12. The molecule has 0 spiro atoms. The van der Waals surface area contributed by atoms with E-state index in [0.29, 0.717) is 24.0 Å². The number of ether oxygens (including phenoxy) is 1. The molecule has 0 saturated heterocycles. The Labute approximate surface area is 125 Å². The molecule has 0 saturated carbocycles. The van der Waals surface area contributed by atoms with Crippen LogP contribution in [0.4, 0.5) is 16.2 Å². The van der Waals surface area contributed by atoms with Gasteiger partial charge < -0.3 is 15.4 Å². The highest BCUT2D eigenvalue weighted by Crippen LogP contribution is 2.13. The average molecular weight is 293 g/mol. The van der Waals surface area contributed by atoms with Crippen LogP contribution in [0, 0.1) is 0 Å². The molecule has 0 fully saturated rings. The Bertz CT molecular complexity index is 460. The van der Waals surface area contributed by atoms with Crippen LogP contribution in [0.5, 0.6) is 0 Å². The number of carbonyl (C=O) groups excluding carboxylic acids is 2. The van der Waals surface area contributed by atoms with Gasteiger partial charge in [-0.2, -0.15) is 0 Å². The third kappa shape index (κ3) is 6.76. The lowest BCUT2D eigenvalue weighted by molar-refractivity contribution is -0.115. The van der Waals surface area contributed by atoms with Gasteiger partial charge in [0.2, 0.25) is 5.91 Å². The van der Waals surface area contributed by atoms with Crippen LogP contribution in [0.3, 0.4) is 0 Å². The Morgan fingerprint density at radius 1 is 1.10 bits per heavy atom. The fourth-order valence-corrected chi connectivity index (χ4v) is 1.54. The fourth-order valence-electron chi connectivity index (χ4n) is 1.54. The normalized spacial score (nSPS) is 11.6. The number of rotatable bonds is 7. The van der Waals surface area contributed by atoms with E-state index in [-0.39, 0.29) is 12.5 Å². The van der Waals surface area contributed by atoms with Gasteiger partial charge in [0.1, 0.15) is 0 Å². The van der Waals surface area contributed by atoms with Crippen molar-refractivity contribution in [2.24, 2.45) is 0 Å². The molecule has 21 heavy (non-hydrogen) atoms. The summed E-state index contributed by atoms with van der Waals surface area (Å²) in [4.78, 5) is 23.0. The standard InChI is InChI=1S/C15H23N3O3/c1-4-11(3)16-10-14(19)17-12-6-8-13(9-7-12)18-15(20)21-5-2/h6-9,11,16H,4-5,10H2,1-3H3,(H,17,19)(H,18,20). The Hall–Kier alpha value is -2.08. The van der Waals surface area contributed by atoms with Crippen LogP contribution < -0.4 is 16.0 Å². The minimum absolute atomic E-state index is 0.0959. The lowest BCUT2D eigenvalue weighted by Gasteiger charge is -2.11. The minimum Gasteiger partial charge on any atom is -0.450 e. The minimum atomic E-state index is -0.493. The van der Waals surface area contributed by atoms with Gasteiger partial charge in [0, 0.05) is 17.4 Å². The lowest BCUT2D eigenvalue weighted by atomic mass is 10.2. The van der Waals surface area contributed by atoms with Gasteiger partial charge in [-0.3, -0.25) is 10.1 Å². The van der Waals surface area contributed by atoms with Gasteiger partial charge in [0.05, 0.1) is 13.2 Å². The predicted molar refractivity (Wildman–Crippen MR) is 83.5 cm³/mol. The maximum Gasteiger partial charge on any atom is 0.411 e. The summed E-state index contributed by atoms with van der Waals surface area (Å²) in [6, 6.07) is 7.17. The van der Waals surface area contributed by atoms with Crippen molar-refractivity contribution < 1.29 is 14.3 Å². The number of hydrogen-bond donors (Lipinski definition) is 3. The second kappa shape index (κ2) is 8.97. The topological polar surface area (TPSA) is 79.5 Å². The zero-order chi connectivity index (χ0) is 15.7. The Kier molecular flexibility index (Phi) is 7.25. The highest BCUT2D eigenvalue weighted by atomic mass is 16.5. The van der Waals surface area contributed by atoms with Crippen molar-refractivity contribution in [1.82, 2.24) is 5.32 Å². The third-order valence-corrected chi connectivity index (χ3v) is 2.91. The van der Waals surface area contributed by atoms with Gasteiger partial charge in [-0.15, -0.1) is 0 Å². The Balaban J connectivity index is 2.43. The Morgan fingerprint density at radius 3 is 2.19 bits per heavy atom. The number of nitrogens with one attached hydrogen (secondary N) is 3. The molecule has 2 amide bonds. The fraction of sp³-hybridized carbons (Fsp3) is 0.467. The molecule has 1 aromatic rings. The van der Waals surface area contributed by atoms with E-state index in [9.17, 15) is 9.59 Å². The van der Waals surface area contributed by atoms with Crippen LogP contribution >= 0.6 is 0 Å². The zero-order valence-corrected chi connectivity index (χ0v) is 12.7. The van der Waals surface area contributed by atoms with E-state index >= 15 is 0 Å². The average Bonchev–Trinajstić information content (AvgIpc) is 2.47. The van der Waals surface area contributed by atoms with Crippen molar-refractivity contribution in [2.45, 2.75) is 33.2 Å².